The highest BCUT2D eigenvalue weighted by atomic mass is 16.5. The van der Waals surface area contributed by atoms with Crippen molar-refractivity contribution in [2.75, 3.05) is 19.1 Å². The van der Waals surface area contributed by atoms with Gasteiger partial charge in [0.05, 0.1) is 18.2 Å². The summed E-state index contributed by atoms with van der Waals surface area (Å²) in [7, 11) is 3.43. The zero-order valence-electron chi connectivity index (χ0n) is 17.6. The number of anilines is 2. The van der Waals surface area contributed by atoms with Gasteiger partial charge in [0, 0.05) is 36.6 Å². The summed E-state index contributed by atoms with van der Waals surface area (Å²) < 4.78 is 11.2. The number of ether oxygens (including phenoxy) is 2. The molecule has 2 aromatic carbocycles. The second kappa shape index (κ2) is 8.82. The molecule has 0 aliphatic heterocycles. The standard InChI is InChI=1S/C22H20N6O4/c1-13-25-17-7-5-4-6-16(17)20(26-13)28(2)15-8-9-18(31-3)19(10-15)32-22-23-11-14(12-24-22)21(29)27-30/h4-12,30H,1-3H3,(H,27,29). The number of hydrogen-bond acceptors (Lipinski definition) is 9. The van der Waals surface area contributed by atoms with Crippen molar-refractivity contribution in [3.05, 3.63) is 66.2 Å². The summed E-state index contributed by atoms with van der Waals surface area (Å²) in [6.07, 6.45) is 2.48. The van der Waals surface area contributed by atoms with Crippen LogP contribution < -0.4 is 19.9 Å². The number of aryl methyl sites for hydroxylation is 1. The van der Waals surface area contributed by atoms with Crippen LogP contribution in [0.3, 0.4) is 0 Å². The van der Waals surface area contributed by atoms with E-state index in [1.807, 2.05) is 49.2 Å². The number of amides is 1. The molecule has 10 heteroatoms. The molecule has 1 amide bonds. The van der Waals surface area contributed by atoms with Crippen LogP contribution in [0.5, 0.6) is 17.5 Å². The lowest BCUT2D eigenvalue weighted by molar-refractivity contribution is 0.0705. The first-order chi connectivity index (χ1) is 15.5. The molecule has 0 spiro atoms. The lowest BCUT2D eigenvalue weighted by atomic mass is 10.2. The minimum Gasteiger partial charge on any atom is -0.493 e. The third-order valence-corrected chi connectivity index (χ3v) is 4.74. The van der Waals surface area contributed by atoms with Crippen molar-refractivity contribution in [2.24, 2.45) is 0 Å². The van der Waals surface area contributed by atoms with Gasteiger partial charge in [-0.05, 0) is 31.2 Å². The van der Waals surface area contributed by atoms with Gasteiger partial charge in [-0.1, -0.05) is 12.1 Å². The Morgan fingerprint density at radius 3 is 2.53 bits per heavy atom. The summed E-state index contributed by atoms with van der Waals surface area (Å²) >= 11 is 0. The van der Waals surface area contributed by atoms with E-state index in [1.165, 1.54) is 25.0 Å². The molecule has 0 unspecified atom stereocenters. The fourth-order valence-corrected chi connectivity index (χ4v) is 3.15. The summed E-state index contributed by atoms with van der Waals surface area (Å²) in [5, 5.41) is 9.62. The minimum absolute atomic E-state index is 0.0147. The maximum atomic E-state index is 11.4. The number of nitrogens with one attached hydrogen (secondary N) is 1. The van der Waals surface area contributed by atoms with Crippen LogP contribution in [-0.4, -0.2) is 45.2 Å². The number of hydrogen-bond donors (Lipinski definition) is 2. The van der Waals surface area contributed by atoms with Gasteiger partial charge >= 0.3 is 6.01 Å². The Hall–Kier alpha value is -4.31. The first kappa shape index (κ1) is 20.9. The van der Waals surface area contributed by atoms with Gasteiger partial charge in [0.1, 0.15) is 11.6 Å². The maximum absolute atomic E-state index is 11.4. The first-order valence-corrected chi connectivity index (χ1v) is 9.59. The van der Waals surface area contributed by atoms with E-state index in [0.29, 0.717) is 17.3 Å². The Balaban J connectivity index is 1.69. The predicted molar refractivity (Wildman–Crippen MR) is 117 cm³/mol. The van der Waals surface area contributed by atoms with E-state index in [9.17, 15) is 4.79 Å². The van der Waals surface area contributed by atoms with E-state index >= 15 is 0 Å². The van der Waals surface area contributed by atoms with Crippen LogP contribution in [0.1, 0.15) is 16.2 Å². The van der Waals surface area contributed by atoms with E-state index < -0.39 is 5.91 Å². The summed E-state index contributed by atoms with van der Waals surface area (Å²) in [6.45, 7) is 1.85. The zero-order valence-corrected chi connectivity index (χ0v) is 17.6. The molecule has 0 aliphatic carbocycles. The molecule has 0 saturated heterocycles. The number of nitrogens with zero attached hydrogens (tertiary/aromatic N) is 5. The number of aromatic nitrogens is 4. The van der Waals surface area contributed by atoms with Crippen LogP contribution >= 0.6 is 0 Å². The molecular weight excluding hydrogens is 412 g/mol. The van der Waals surface area contributed by atoms with Crippen LogP contribution in [0.2, 0.25) is 0 Å². The number of para-hydroxylation sites is 1. The van der Waals surface area contributed by atoms with Crippen molar-refractivity contribution in [1.29, 1.82) is 0 Å². The van der Waals surface area contributed by atoms with E-state index in [4.69, 9.17) is 14.7 Å². The second-order valence-electron chi connectivity index (χ2n) is 6.80. The molecule has 0 aliphatic rings. The number of benzene rings is 2. The summed E-state index contributed by atoms with van der Waals surface area (Å²) in [6, 6.07) is 13.2. The number of rotatable bonds is 6. The third kappa shape index (κ3) is 4.12. The number of hydroxylamine groups is 1. The molecule has 0 atom stereocenters. The zero-order chi connectivity index (χ0) is 22.7. The monoisotopic (exact) mass is 432 g/mol. The van der Waals surface area contributed by atoms with Crippen LogP contribution in [-0.2, 0) is 0 Å². The highest BCUT2D eigenvalue weighted by Crippen LogP contribution is 2.36. The van der Waals surface area contributed by atoms with Gasteiger partial charge in [-0.2, -0.15) is 0 Å². The predicted octanol–water partition coefficient (Wildman–Crippen LogP) is 3.42. The SMILES string of the molecule is COc1ccc(N(C)c2nc(C)nc3ccccc23)cc1Oc1ncc(C(=O)NO)cn1. The van der Waals surface area contributed by atoms with Gasteiger partial charge < -0.3 is 14.4 Å². The van der Waals surface area contributed by atoms with Crippen molar-refractivity contribution < 1.29 is 19.5 Å². The third-order valence-electron chi connectivity index (χ3n) is 4.74. The topological polar surface area (TPSA) is 123 Å². The second-order valence-corrected chi connectivity index (χ2v) is 6.80. The molecule has 4 aromatic rings. The molecule has 0 bridgehead atoms. The van der Waals surface area contributed by atoms with E-state index in [1.54, 1.807) is 12.1 Å². The van der Waals surface area contributed by atoms with Gasteiger partial charge in [0.2, 0.25) is 0 Å². The Morgan fingerprint density at radius 1 is 1.06 bits per heavy atom. The molecule has 2 aromatic heterocycles. The lowest BCUT2D eigenvalue weighted by Crippen LogP contribution is -2.19. The Labute approximate surface area is 183 Å². The summed E-state index contributed by atoms with van der Waals surface area (Å²) in [4.78, 5) is 30.5. The van der Waals surface area contributed by atoms with Crippen molar-refractivity contribution in [3.63, 3.8) is 0 Å². The fourth-order valence-electron chi connectivity index (χ4n) is 3.15. The van der Waals surface area contributed by atoms with E-state index in [2.05, 4.69) is 19.9 Å². The Kier molecular flexibility index (Phi) is 5.77. The molecule has 2 heterocycles. The Bertz CT molecular complexity index is 1280. The average Bonchev–Trinajstić information content (AvgIpc) is 2.83. The number of fused-ring (bicyclic) bond motifs is 1. The molecule has 0 fully saturated rings. The maximum Gasteiger partial charge on any atom is 0.322 e. The largest absolute Gasteiger partial charge is 0.493 e. The van der Waals surface area contributed by atoms with E-state index in [0.717, 1.165) is 22.4 Å². The van der Waals surface area contributed by atoms with Gasteiger partial charge in [-0.3, -0.25) is 10.0 Å². The van der Waals surface area contributed by atoms with Crippen molar-refractivity contribution in [2.45, 2.75) is 6.92 Å². The van der Waals surface area contributed by atoms with E-state index in [-0.39, 0.29) is 11.6 Å². The lowest BCUT2D eigenvalue weighted by Gasteiger charge is -2.21. The molecule has 0 saturated carbocycles. The molecular formula is C22H20N6O4. The van der Waals surface area contributed by atoms with Crippen molar-refractivity contribution in [1.82, 2.24) is 25.4 Å². The normalized spacial score (nSPS) is 10.6. The smallest absolute Gasteiger partial charge is 0.322 e. The molecule has 10 nitrogen and oxygen atoms in total. The van der Waals surface area contributed by atoms with Crippen molar-refractivity contribution in [3.8, 4) is 17.5 Å². The summed E-state index contributed by atoms with van der Waals surface area (Å²) in [5.74, 6) is 1.55. The molecule has 4 rings (SSSR count). The molecule has 32 heavy (non-hydrogen) atoms. The van der Waals surface area contributed by atoms with Crippen LogP contribution in [0.4, 0.5) is 11.5 Å². The van der Waals surface area contributed by atoms with Crippen LogP contribution in [0, 0.1) is 6.92 Å². The molecule has 0 radical (unpaired) electrons. The number of methoxy groups -OCH3 is 1. The van der Waals surface area contributed by atoms with Crippen molar-refractivity contribution >= 4 is 28.3 Å². The van der Waals surface area contributed by atoms with Gasteiger partial charge in [0.15, 0.2) is 11.5 Å². The summed E-state index contributed by atoms with van der Waals surface area (Å²) in [5.41, 5.74) is 3.26. The van der Waals surface area contributed by atoms with Gasteiger partial charge in [-0.25, -0.2) is 25.4 Å². The molecule has 162 valence electrons. The van der Waals surface area contributed by atoms with Gasteiger partial charge in [0.25, 0.3) is 5.91 Å². The van der Waals surface area contributed by atoms with Crippen LogP contribution in [0.25, 0.3) is 10.9 Å². The Morgan fingerprint density at radius 2 is 1.81 bits per heavy atom. The average molecular weight is 432 g/mol. The highest BCUT2D eigenvalue weighted by molar-refractivity contribution is 5.93. The fraction of sp³-hybridized carbons (Fsp3) is 0.136. The number of carbonyl (C=O) groups is 1. The highest BCUT2D eigenvalue weighted by Gasteiger charge is 2.16. The quantitative estimate of drug-likeness (QED) is 0.348. The molecule has 2 N–H and O–H groups in total. The minimum atomic E-state index is -0.717. The van der Waals surface area contributed by atoms with Gasteiger partial charge in [-0.15, -0.1) is 0 Å². The van der Waals surface area contributed by atoms with Crippen LogP contribution in [0.15, 0.2) is 54.9 Å². The first-order valence-electron chi connectivity index (χ1n) is 9.59. The number of carbonyl (C=O) groups excluding carboxylic acids is 1.